The average molecular weight is 437 g/mol. The SMILES string of the molecule is CCOC(=O)C(C(=O)C(C)(C)C1C=C(OC)C(Cl)=CC1)c1ccc(N)cc1[N+](=O)[O-]. The van der Waals surface area contributed by atoms with Crippen molar-refractivity contribution < 1.29 is 24.0 Å². The standard InChI is InChI=1S/C21H25ClN2O6/c1-5-30-20(26)18(14-8-7-13(23)11-16(14)24(27)28)19(25)21(2,3)12-6-9-15(22)17(10-12)29-4/h7-12,18H,5-6,23H2,1-4H3. The predicted molar refractivity (Wildman–Crippen MR) is 113 cm³/mol. The van der Waals surface area contributed by atoms with Crippen molar-refractivity contribution in [3.05, 3.63) is 56.8 Å². The first-order chi connectivity index (χ1) is 14.0. The molecule has 2 rings (SSSR count). The van der Waals surface area contributed by atoms with Gasteiger partial charge in [0.1, 0.15) is 11.7 Å². The lowest BCUT2D eigenvalue weighted by Gasteiger charge is -2.35. The van der Waals surface area contributed by atoms with Crippen LogP contribution in [0.3, 0.4) is 0 Å². The summed E-state index contributed by atoms with van der Waals surface area (Å²) in [5.41, 5.74) is 4.29. The van der Waals surface area contributed by atoms with Crippen LogP contribution < -0.4 is 5.73 Å². The summed E-state index contributed by atoms with van der Waals surface area (Å²) >= 11 is 6.12. The molecule has 0 aromatic heterocycles. The number of methoxy groups -OCH3 is 1. The quantitative estimate of drug-likeness (QED) is 0.214. The first-order valence-electron chi connectivity index (χ1n) is 9.41. The Kier molecular flexibility index (Phi) is 7.25. The summed E-state index contributed by atoms with van der Waals surface area (Å²) in [6.07, 6.45) is 3.93. The van der Waals surface area contributed by atoms with Gasteiger partial charge in [-0.15, -0.1) is 0 Å². The summed E-state index contributed by atoms with van der Waals surface area (Å²) in [6, 6.07) is 3.88. The minimum atomic E-state index is -1.47. The summed E-state index contributed by atoms with van der Waals surface area (Å²) in [6.45, 7) is 5.00. The summed E-state index contributed by atoms with van der Waals surface area (Å²) in [4.78, 5) is 37.3. The maximum Gasteiger partial charge on any atom is 0.321 e. The number of hydrogen-bond donors (Lipinski definition) is 1. The van der Waals surface area contributed by atoms with E-state index < -0.39 is 33.7 Å². The fourth-order valence-corrected chi connectivity index (χ4v) is 3.68. The summed E-state index contributed by atoms with van der Waals surface area (Å²) in [5.74, 6) is -2.73. The Bertz CT molecular complexity index is 922. The van der Waals surface area contributed by atoms with E-state index in [1.165, 1.54) is 19.2 Å². The second-order valence-electron chi connectivity index (χ2n) is 7.48. The van der Waals surface area contributed by atoms with Gasteiger partial charge in [0.15, 0.2) is 5.78 Å². The number of allylic oxidation sites excluding steroid dienone is 3. The van der Waals surface area contributed by atoms with E-state index >= 15 is 0 Å². The van der Waals surface area contributed by atoms with E-state index in [1.54, 1.807) is 32.9 Å². The zero-order chi connectivity index (χ0) is 22.6. The molecule has 0 heterocycles. The molecule has 1 aliphatic rings. The van der Waals surface area contributed by atoms with E-state index in [9.17, 15) is 19.7 Å². The Morgan fingerprint density at radius 1 is 1.40 bits per heavy atom. The number of Topliss-reactive ketones (excluding diaryl/α,β-unsaturated/α-hetero) is 1. The third kappa shape index (κ3) is 4.64. The molecule has 0 amide bonds. The fraction of sp³-hybridized carbons (Fsp3) is 0.429. The van der Waals surface area contributed by atoms with E-state index in [4.69, 9.17) is 26.8 Å². The van der Waals surface area contributed by atoms with Crippen molar-refractivity contribution in [2.45, 2.75) is 33.1 Å². The minimum Gasteiger partial charge on any atom is -0.496 e. The summed E-state index contributed by atoms with van der Waals surface area (Å²) in [5, 5.41) is 12.0. The number of carbonyl (C=O) groups is 2. The van der Waals surface area contributed by atoms with Gasteiger partial charge in [0.2, 0.25) is 0 Å². The van der Waals surface area contributed by atoms with Crippen LogP contribution in [0.25, 0.3) is 0 Å². The van der Waals surface area contributed by atoms with E-state index in [0.717, 1.165) is 6.07 Å². The van der Waals surface area contributed by atoms with Gasteiger partial charge in [0, 0.05) is 17.2 Å². The molecular weight excluding hydrogens is 412 g/mol. The molecule has 2 atom stereocenters. The number of anilines is 1. The van der Waals surface area contributed by atoms with Crippen molar-refractivity contribution in [3.8, 4) is 0 Å². The number of halogens is 1. The van der Waals surface area contributed by atoms with Crippen LogP contribution in [0, 0.1) is 21.4 Å². The summed E-state index contributed by atoms with van der Waals surface area (Å²) < 4.78 is 10.4. The molecule has 0 radical (unpaired) electrons. The van der Waals surface area contributed by atoms with E-state index in [0.29, 0.717) is 17.2 Å². The molecule has 0 saturated carbocycles. The number of carbonyl (C=O) groups excluding carboxylic acids is 2. The Morgan fingerprint density at radius 3 is 2.63 bits per heavy atom. The van der Waals surface area contributed by atoms with Gasteiger partial charge in [-0.05, 0) is 37.5 Å². The smallest absolute Gasteiger partial charge is 0.321 e. The van der Waals surface area contributed by atoms with Gasteiger partial charge in [-0.3, -0.25) is 19.7 Å². The lowest BCUT2D eigenvalue weighted by Crippen LogP contribution is -2.40. The van der Waals surface area contributed by atoms with Crippen LogP contribution in [-0.4, -0.2) is 30.4 Å². The Hall–Kier alpha value is -2.87. The van der Waals surface area contributed by atoms with Gasteiger partial charge >= 0.3 is 5.97 Å². The first kappa shape index (κ1) is 23.4. The molecule has 162 valence electrons. The van der Waals surface area contributed by atoms with Crippen LogP contribution in [0.1, 0.15) is 38.7 Å². The lowest BCUT2D eigenvalue weighted by atomic mass is 9.68. The van der Waals surface area contributed by atoms with Crippen LogP contribution in [-0.2, 0) is 19.1 Å². The van der Waals surface area contributed by atoms with Gasteiger partial charge in [-0.1, -0.05) is 31.5 Å². The number of nitro benzene ring substituents is 1. The maximum absolute atomic E-state index is 13.6. The Labute approximate surface area is 179 Å². The monoisotopic (exact) mass is 436 g/mol. The zero-order valence-corrected chi connectivity index (χ0v) is 18.1. The highest BCUT2D eigenvalue weighted by atomic mass is 35.5. The van der Waals surface area contributed by atoms with Gasteiger partial charge in [0.25, 0.3) is 5.69 Å². The number of benzene rings is 1. The molecule has 30 heavy (non-hydrogen) atoms. The zero-order valence-electron chi connectivity index (χ0n) is 17.3. The van der Waals surface area contributed by atoms with Gasteiger partial charge < -0.3 is 15.2 Å². The van der Waals surface area contributed by atoms with E-state index in [-0.39, 0.29) is 23.8 Å². The van der Waals surface area contributed by atoms with Crippen molar-refractivity contribution in [1.82, 2.24) is 0 Å². The molecule has 0 fully saturated rings. The molecule has 0 saturated heterocycles. The van der Waals surface area contributed by atoms with Gasteiger partial charge in [-0.25, -0.2) is 0 Å². The normalized spacial score (nSPS) is 17.4. The summed E-state index contributed by atoms with van der Waals surface area (Å²) in [7, 11) is 1.47. The molecule has 2 unspecified atom stereocenters. The van der Waals surface area contributed by atoms with Crippen molar-refractivity contribution in [3.63, 3.8) is 0 Å². The highest BCUT2D eigenvalue weighted by molar-refractivity contribution is 6.31. The lowest BCUT2D eigenvalue weighted by molar-refractivity contribution is -0.385. The van der Waals surface area contributed by atoms with Crippen LogP contribution in [0.4, 0.5) is 11.4 Å². The third-order valence-electron chi connectivity index (χ3n) is 5.27. The van der Waals surface area contributed by atoms with Crippen molar-refractivity contribution in [1.29, 1.82) is 0 Å². The minimum absolute atomic E-state index is 0.0291. The molecule has 9 heteroatoms. The predicted octanol–water partition coefficient (Wildman–Crippen LogP) is 4.09. The molecule has 1 aromatic carbocycles. The van der Waals surface area contributed by atoms with E-state index in [2.05, 4.69) is 0 Å². The average Bonchev–Trinajstić information content (AvgIpc) is 2.69. The van der Waals surface area contributed by atoms with E-state index in [1.807, 2.05) is 0 Å². The number of esters is 1. The topological polar surface area (TPSA) is 122 Å². The number of ketones is 1. The Balaban J connectivity index is 2.56. The molecule has 0 bridgehead atoms. The highest BCUT2D eigenvalue weighted by Crippen LogP contribution is 2.43. The third-order valence-corrected chi connectivity index (χ3v) is 5.61. The number of hydrogen-bond acceptors (Lipinski definition) is 7. The van der Waals surface area contributed by atoms with Crippen LogP contribution in [0.2, 0.25) is 0 Å². The molecular formula is C21H25ClN2O6. The second kappa shape index (κ2) is 9.30. The van der Waals surface area contributed by atoms with Gasteiger partial charge in [-0.2, -0.15) is 0 Å². The van der Waals surface area contributed by atoms with Crippen LogP contribution >= 0.6 is 11.6 Å². The fourth-order valence-electron chi connectivity index (χ4n) is 3.45. The molecule has 0 spiro atoms. The maximum atomic E-state index is 13.6. The molecule has 8 nitrogen and oxygen atoms in total. The van der Waals surface area contributed by atoms with Crippen LogP contribution in [0.15, 0.2) is 41.1 Å². The van der Waals surface area contributed by atoms with Crippen molar-refractivity contribution >= 4 is 34.7 Å². The van der Waals surface area contributed by atoms with Crippen molar-refractivity contribution in [2.24, 2.45) is 11.3 Å². The number of nitro groups is 1. The second-order valence-corrected chi connectivity index (χ2v) is 7.88. The van der Waals surface area contributed by atoms with Crippen molar-refractivity contribution in [2.75, 3.05) is 19.5 Å². The highest BCUT2D eigenvalue weighted by Gasteiger charge is 2.46. The molecule has 0 aliphatic heterocycles. The molecule has 1 aromatic rings. The Morgan fingerprint density at radius 2 is 2.07 bits per heavy atom. The number of nitrogen functional groups attached to an aromatic ring is 1. The molecule has 1 aliphatic carbocycles. The molecule has 2 N–H and O–H groups in total. The number of rotatable bonds is 8. The first-order valence-corrected chi connectivity index (χ1v) is 9.78. The largest absolute Gasteiger partial charge is 0.496 e. The van der Waals surface area contributed by atoms with Crippen LogP contribution in [0.5, 0.6) is 0 Å². The van der Waals surface area contributed by atoms with Gasteiger partial charge in [0.05, 0.1) is 29.2 Å². The number of nitrogens with two attached hydrogens (primary N) is 1. The number of ether oxygens (including phenoxy) is 2. The number of nitrogens with zero attached hydrogens (tertiary/aromatic N) is 1.